The Morgan fingerprint density at radius 3 is 2.85 bits per heavy atom. The number of nitrogens with one attached hydrogen (secondary N) is 1. The molecule has 1 aliphatic rings. The Bertz CT molecular complexity index is 1240. The van der Waals surface area contributed by atoms with Gasteiger partial charge in [0.1, 0.15) is 0 Å². The van der Waals surface area contributed by atoms with Gasteiger partial charge in [-0.15, -0.1) is 0 Å². The molecule has 1 unspecified atom stereocenters. The van der Waals surface area contributed by atoms with Crippen LogP contribution in [0.1, 0.15) is 34.8 Å². The summed E-state index contributed by atoms with van der Waals surface area (Å²) >= 11 is 0. The Kier molecular flexibility index (Phi) is 6.55. The van der Waals surface area contributed by atoms with E-state index < -0.39 is 11.4 Å². The largest absolute Gasteiger partial charge is 0.465 e. The Balaban J connectivity index is 1.93. The minimum atomic E-state index is -0.477. The van der Waals surface area contributed by atoms with Crippen LogP contribution in [-0.2, 0) is 16.7 Å². The van der Waals surface area contributed by atoms with Crippen molar-refractivity contribution < 1.29 is 19.5 Å². The Morgan fingerprint density at radius 1 is 1.27 bits per heavy atom. The lowest BCUT2D eigenvalue weighted by molar-refractivity contribution is 0.0602. The molecule has 2 aromatic carbocycles. The molecule has 170 valence electrons. The van der Waals surface area contributed by atoms with Crippen molar-refractivity contribution in [2.75, 3.05) is 13.7 Å². The van der Waals surface area contributed by atoms with E-state index in [-0.39, 0.29) is 0 Å². The fourth-order valence-corrected chi connectivity index (χ4v) is 4.34. The van der Waals surface area contributed by atoms with Crippen molar-refractivity contribution in [1.82, 2.24) is 15.1 Å². The third-order valence-electron chi connectivity index (χ3n) is 5.75. The molecule has 2 N–H and O–H groups in total. The second-order valence-corrected chi connectivity index (χ2v) is 7.67. The number of imidazole rings is 1. The first-order chi connectivity index (χ1) is 16.1. The molecule has 1 aromatic heterocycles. The molecular formula is C25H26N4O4. The van der Waals surface area contributed by atoms with Gasteiger partial charge < -0.3 is 9.47 Å². The van der Waals surface area contributed by atoms with Gasteiger partial charge in [-0.2, -0.15) is 15.7 Å². The molecule has 3 aromatic rings. The van der Waals surface area contributed by atoms with Gasteiger partial charge in [-0.25, -0.2) is 4.79 Å². The van der Waals surface area contributed by atoms with Gasteiger partial charge in [0, 0.05) is 12.0 Å². The van der Waals surface area contributed by atoms with Crippen LogP contribution in [0.2, 0.25) is 0 Å². The first-order valence-electron chi connectivity index (χ1n) is 10.7. The zero-order valence-corrected chi connectivity index (χ0v) is 18.6. The molecule has 1 atom stereocenters. The smallest absolute Gasteiger partial charge is 0.340 e. The van der Waals surface area contributed by atoms with E-state index in [9.17, 15) is 4.79 Å². The summed E-state index contributed by atoms with van der Waals surface area (Å²) in [5.74, 6) is -0.431. The fraction of sp³-hybridized carbons (Fsp3) is 0.240. The number of hydrogen-bond acceptors (Lipinski definition) is 7. The van der Waals surface area contributed by atoms with Gasteiger partial charge in [0.15, 0.2) is 0 Å². The van der Waals surface area contributed by atoms with Crippen LogP contribution in [-0.4, -0.2) is 40.7 Å². The highest BCUT2D eigenvalue weighted by molar-refractivity contribution is 6.02. The highest BCUT2D eigenvalue weighted by Crippen LogP contribution is 2.39. The van der Waals surface area contributed by atoms with E-state index in [0.717, 1.165) is 11.1 Å². The maximum Gasteiger partial charge on any atom is 0.340 e. The van der Waals surface area contributed by atoms with E-state index >= 15 is 0 Å². The van der Waals surface area contributed by atoms with Crippen LogP contribution in [0.15, 0.2) is 71.9 Å². The number of fused-ring (bicyclic) bond motifs is 1. The fourth-order valence-electron chi connectivity index (χ4n) is 4.34. The number of nitrogens with zero attached hydrogens (tertiary/aromatic N) is 3. The molecule has 0 radical (unpaired) electrons. The molecular weight excluding hydrogens is 420 g/mol. The molecule has 1 heterocycles. The topological polar surface area (TPSA) is 98.0 Å². The summed E-state index contributed by atoms with van der Waals surface area (Å²) in [7, 11) is 1.37. The molecule has 0 bridgehead atoms. The van der Waals surface area contributed by atoms with E-state index in [1.807, 2.05) is 59.6 Å². The van der Waals surface area contributed by atoms with Gasteiger partial charge in [-0.3, -0.25) is 9.77 Å². The zero-order chi connectivity index (χ0) is 23.3. The van der Waals surface area contributed by atoms with Crippen molar-refractivity contribution in [3.63, 3.8) is 0 Å². The highest BCUT2D eigenvalue weighted by atomic mass is 16.5. The molecule has 8 nitrogen and oxygen atoms in total. The van der Waals surface area contributed by atoms with Crippen molar-refractivity contribution in [2.24, 2.45) is 5.10 Å². The van der Waals surface area contributed by atoms with E-state index in [0.29, 0.717) is 42.2 Å². The third kappa shape index (κ3) is 4.25. The van der Waals surface area contributed by atoms with Crippen LogP contribution in [0, 0.1) is 0 Å². The van der Waals surface area contributed by atoms with Crippen LogP contribution in [0.5, 0.6) is 6.01 Å². The Hall–Kier alpha value is -3.91. The number of hydrogen-bond donors (Lipinski definition) is 2. The average molecular weight is 447 g/mol. The van der Waals surface area contributed by atoms with Gasteiger partial charge >= 0.3 is 5.97 Å². The Morgan fingerprint density at radius 2 is 2.12 bits per heavy atom. The predicted octanol–water partition coefficient (Wildman–Crippen LogP) is 3.99. The number of ether oxygens (including phenoxy) is 2. The van der Waals surface area contributed by atoms with Gasteiger partial charge in [-0.05, 0) is 36.6 Å². The first-order valence-corrected chi connectivity index (χ1v) is 10.7. The van der Waals surface area contributed by atoms with Gasteiger partial charge in [0.05, 0.1) is 36.5 Å². The van der Waals surface area contributed by atoms with Crippen molar-refractivity contribution >= 4 is 23.2 Å². The summed E-state index contributed by atoms with van der Waals surface area (Å²) in [6, 6.07) is 13.7. The van der Waals surface area contributed by atoms with Crippen LogP contribution in [0.25, 0.3) is 11.0 Å². The summed E-state index contributed by atoms with van der Waals surface area (Å²) in [6.45, 7) is 2.80. The van der Waals surface area contributed by atoms with Gasteiger partial charge in [-0.1, -0.05) is 54.6 Å². The molecule has 0 aliphatic heterocycles. The lowest BCUT2D eigenvalue weighted by Crippen LogP contribution is -2.32. The highest BCUT2D eigenvalue weighted by Gasteiger charge is 2.34. The molecule has 0 spiro atoms. The number of carbonyl (C=O) groups excluding carboxylic acids is 1. The molecule has 0 fully saturated rings. The third-order valence-corrected chi connectivity index (χ3v) is 5.75. The van der Waals surface area contributed by atoms with Crippen LogP contribution in [0.4, 0.5) is 0 Å². The molecule has 0 amide bonds. The van der Waals surface area contributed by atoms with E-state index in [1.54, 1.807) is 18.3 Å². The van der Waals surface area contributed by atoms with E-state index in [4.69, 9.17) is 14.7 Å². The maximum atomic E-state index is 12.6. The summed E-state index contributed by atoms with van der Waals surface area (Å²) in [5, 5.41) is 12.8. The van der Waals surface area contributed by atoms with Crippen LogP contribution < -0.4 is 10.3 Å². The molecule has 8 heteroatoms. The second-order valence-electron chi connectivity index (χ2n) is 7.67. The number of allylic oxidation sites excluding steroid dienone is 4. The Labute approximate surface area is 191 Å². The average Bonchev–Trinajstić information content (AvgIpc) is 3.20. The molecule has 4 rings (SSSR count). The molecule has 1 aliphatic carbocycles. The van der Waals surface area contributed by atoms with E-state index in [2.05, 4.69) is 22.2 Å². The monoisotopic (exact) mass is 446 g/mol. The standard InChI is InChI=1S/C25H26N4O4/c1-3-33-24-27-21-13-9-11-19(23(30)32-2)22(21)29(24)17-25(14-7-4-8-15-25)20-12-6-5-10-18(20)16-26-28-31/h4-14,16,28,31H,3,15,17H2,1-2H3. The van der Waals surface area contributed by atoms with Crippen molar-refractivity contribution in [3.8, 4) is 6.01 Å². The number of methoxy groups -OCH3 is 1. The normalized spacial score (nSPS) is 17.5. The summed E-state index contributed by atoms with van der Waals surface area (Å²) in [4.78, 5) is 17.2. The minimum Gasteiger partial charge on any atom is -0.465 e. The van der Waals surface area contributed by atoms with Crippen molar-refractivity contribution in [3.05, 3.63) is 83.5 Å². The number of para-hydroxylation sites is 1. The summed E-state index contributed by atoms with van der Waals surface area (Å²) in [6.07, 6.45) is 10.6. The maximum absolute atomic E-state index is 12.6. The summed E-state index contributed by atoms with van der Waals surface area (Å²) < 4.78 is 12.9. The second kappa shape index (κ2) is 9.70. The number of hydrazone groups is 1. The lowest BCUT2D eigenvalue weighted by Gasteiger charge is -2.34. The van der Waals surface area contributed by atoms with Crippen LogP contribution in [0.3, 0.4) is 0 Å². The molecule has 0 saturated carbocycles. The van der Waals surface area contributed by atoms with Crippen molar-refractivity contribution in [1.29, 1.82) is 0 Å². The van der Waals surface area contributed by atoms with Crippen LogP contribution >= 0.6 is 0 Å². The van der Waals surface area contributed by atoms with Gasteiger partial charge in [0.2, 0.25) is 0 Å². The zero-order valence-electron chi connectivity index (χ0n) is 18.6. The predicted molar refractivity (Wildman–Crippen MR) is 126 cm³/mol. The number of carbonyl (C=O) groups is 1. The van der Waals surface area contributed by atoms with Crippen molar-refractivity contribution in [2.45, 2.75) is 25.3 Å². The molecule has 33 heavy (non-hydrogen) atoms. The first kappa shape index (κ1) is 22.3. The lowest BCUT2D eigenvalue weighted by atomic mass is 9.73. The number of benzene rings is 2. The number of aromatic nitrogens is 2. The summed E-state index contributed by atoms with van der Waals surface area (Å²) in [5.41, 5.74) is 4.98. The van der Waals surface area contributed by atoms with E-state index in [1.165, 1.54) is 7.11 Å². The number of esters is 1. The number of rotatable bonds is 8. The quantitative estimate of drug-likeness (QED) is 0.309. The van der Waals surface area contributed by atoms with Gasteiger partial charge in [0.25, 0.3) is 6.01 Å². The molecule has 0 saturated heterocycles. The minimum absolute atomic E-state index is 0.429. The SMILES string of the molecule is CCOc1nc2cccc(C(=O)OC)c2n1CC1(c2ccccc2C=NNO)C=CC=CC1.